The van der Waals surface area contributed by atoms with Crippen molar-refractivity contribution in [2.24, 2.45) is 7.05 Å². The first-order valence-corrected chi connectivity index (χ1v) is 13.2. The molecule has 39 heavy (non-hydrogen) atoms. The number of amides is 1. The van der Waals surface area contributed by atoms with Crippen LogP contribution in [0.1, 0.15) is 63.2 Å². The Kier molecular flexibility index (Phi) is 7.65. The summed E-state index contributed by atoms with van der Waals surface area (Å²) in [6.07, 6.45) is 11.4. The molecule has 5 rings (SSSR count). The van der Waals surface area contributed by atoms with Gasteiger partial charge in [0.05, 0.1) is 17.3 Å². The number of nitrogens with one attached hydrogen (secondary N) is 2. The van der Waals surface area contributed by atoms with E-state index < -0.39 is 6.10 Å². The lowest BCUT2D eigenvalue weighted by Gasteiger charge is -2.33. The van der Waals surface area contributed by atoms with Gasteiger partial charge in [0.25, 0.3) is 5.91 Å². The molecular weight excluding hydrogens is 490 g/mol. The van der Waals surface area contributed by atoms with Gasteiger partial charge in [0.15, 0.2) is 11.9 Å². The first kappa shape index (κ1) is 26.4. The van der Waals surface area contributed by atoms with Crippen molar-refractivity contribution in [3.05, 3.63) is 70.2 Å². The molecule has 0 spiro atoms. The molecule has 3 aromatic rings. The monoisotopic (exact) mass is 523 g/mol. The summed E-state index contributed by atoms with van der Waals surface area (Å²) in [7, 11) is 1.80. The van der Waals surface area contributed by atoms with Crippen LogP contribution in [0, 0.1) is 37.5 Å². The van der Waals surface area contributed by atoms with Gasteiger partial charge < -0.3 is 15.4 Å². The van der Waals surface area contributed by atoms with Gasteiger partial charge in [-0.05, 0) is 61.9 Å². The number of hydrogen-bond acceptors (Lipinski definition) is 7. The van der Waals surface area contributed by atoms with Gasteiger partial charge >= 0.3 is 0 Å². The number of benzene rings is 1. The van der Waals surface area contributed by atoms with E-state index in [9.17, 15) is 10.1 Å². The van der Waals surface area contributed by atoms with Crippen LogP contribution in [-0.4, -0.2) is 57.8 Å². The molecule has 1 amide bonds. The van der Waals surface area contributed by atoms with E-state index in [0.717, 1.165) is 24.3 Å². The van der Waals surface area contributed by atoms with Crippen molar-refractivity contribution in [2.45, 2.75) is 44.8 Å². The van der Waals surface area contributed by atoms with Gasteiger partial charge in [-0.2, -0.15) is 10.4 Å². The van der Waals surface area contributed by atoms with Crippen LogP contribution in [0.15, 0.2) is 36.7 Å². The highest BCUT2D eigenvalue weighted by atomic mass is 16.5. The minimum atomic E-state index is -0.419. The van der Waals surface area contributed by atoms with E-state index in [1.54, 1.807) is 23.9 Å². The van der Waals surface area contributed by atoms with E-state index in [-0.39, 0.29) is 17.5 Å². The average molecular weight is 524 g/mol. The van der Waals surface area contributed by atoms with Gasteiger partial charge in [-0.15, -0.1) is 6.42 Å². The Morgan fingerprint density at radius 3 is 2.77 bits per heavy atom. The summed E-state index contributed by atoms with van der Waals surface area (Å²) in [5.41, 5.74) is 4.27. The van der Waals surface area contributed by atoms with Crippen LogP contribution in [0.3, 0.4) is 0 Å². The summed E-state index contributed by atoms with van der Waals surface area (Å²) in [6.45, 7) is 6.60. The van der Waals surface area contributed by atoms with Crippen LogP contribution >= 0.6 is 0 Å². The number of hydrogen-bond donors (Lipinski definition) is 2. The standard InChI is InChI=1S/C30H33N7O2/c1-5-24-17-37(11-10-32-24)18-28(26-9-8-22(15-33-26)21-6-7-21)39-27-12-19(2)25(13-23(27)14-31)30(38)34-29-20(3)16-36(4)35-29/h1,8-9,12-13,15-16,21,24,28,32H,6-7,10-11,17-18H2,2-4H3,(H,34,35,38)/t24-,28-/m1/s1. The lowest BCUT2D eigenvalue weighted by Crippen LogP contribution is -2.51. The SMILES string of the molecule is C#C[C@@H]1CN(C[C@@H](Oc2cc(C)c(C(=O)Nc3nn(C)cc3C)cc2C#N)c2ccc(C3CC3)cn2)CCN1. The molecule has 0 unspecified atom stereocenters. The first-order chi connectivity index (χ1) is 18.8. The molecule has 9 nitrogen and oxygen atoms in total. The number of terminal acetylenes is 1. The van der Waals surface area contributed by atoms with Crippen LogP contribution < -0.4 is 15.4 Å². The summed E-state index contributed by atoms with van der Waals surface area (Å²) in [6, 6.07) is 9.67. The fourth-order valence-electron chi connectivity index (χ4n) is 4.95. The number of piperazine rings is 1. The highest BCUT2D eigenvalue weighted by Crippen LogP contribution is 2.40. The minimum Gasteiger partial charge on any atom is -0.481 e. The lowest BCUT2D eigenvalue weighted by molar-refractivity contribution is 0.102. The van der Waals surface area contributed by atoms with Gasteiger partial charge in [0.2, 0.25) is 0 Å². The molecule has 2 N–H and O–H groups in total. The van der Waals surface area contributed by atoms with Crippen molar-refractivity contribution in [1.82, 2.24) is 25.0 Å². The third-order valence-corrected chi connectivity index (χ3v) is 7.28. The van der Waals surface area contributed by atoms with Crippen LogP contribution in [0.25, 0.3) is 0 Å². The van der Waals surface area contributed by atoms with E-state index in [1.165, 1.54) is 18.4 Å². The molecule has 1 aliphatic heterocycles. The lowest BCUT2D eigenvalue weighted by atomic mass is 10.0. The Bertz CT molecular complexity index is 1440. The van der Waals surface area contributed by atoms with Crippen molar-refractivity contribution < 1.29 is 9.53 Å². The number of anilines is 1. The molecule has 1 aromatic carbocycles. The predicted molar refractivity (Wildman–Crippen MR) is 148 cm³/mol. The van der Waals surface area contributed by atoms with Gasteiger partial charge in [-0.1, -0.05) is 12.0 Å². The van der Waals surface area contributed by atoms with Crippen molar-refractivity contribution >= 4 is 11.7 Å². The summed E-state index contributed by atoms with van der Waals surface area (Å²) < 4.78 is 8.16. The van der Waals surface area contributed by atoms with Crippen molar-refractivity contribution in [3.8, 4) is 24.2 Å². The topological polar surface area (TPSA) is 108 Å². The van der Waals surface area contributed by atoms with E-state index in [1.807, 2.05) is 32.3 Å². The number of carbonyl (C=O) groups is 1. The summed E-state index contributed by atoms with van der Waals surface area (Å²) in [5, 5.41) is 20.5. The highest BCUT2D eigenvalue weighted by Gasteiger charge is 2.27. The second-order valence-corrected chi connectivity index (χ2v) is 10.4. The largest absolute Gasteiger partial charge is 0.481 e. The van der Waals surface area contributed by atoms with Gasteiger partial charge in [-0.3, -0.25) is 19.4 Å². The van der Waals surface area contributed by atoms with Gasteiger partial charge in [-0.25, -0.2) is 0 Å². The van der Waals surface area contributed by atoms with Crippen LogP contribution in [-0.2, 0) is 7.05 Å². The second-order valence-electron chi connectivity index (χ2n) is 10.4. The summed E-state index contributed by atoms with van der Waals surface area (Å²) in [4.78, 5) is 20.1. The van der Waals surface area contributed by atoms with Crippen LogP contribution in [0.2, 0.25) is 0 Å². The Balaban J connectivity index is 1.41. The van der Waals surface area contributed by atoms with Crippen molar-refractivity contribution in [1.29, 1.82) is 5.26 Å². The zero-order valence-electron chi connectivity index (χ0n) is 22.6. The van der Waals surface area contributed by atoms with Gasteiger partial charge in [0.1, 0.15) is 11.8 Å². The Morgan fingerprint density at radius 1 is 1.31 bits per heavy atom. The smallest absolute Gasteiger partial charge is 0.257 e. The fraction of sp³-hybridized carbons (Fsp3) is 0.400. The molecule has 2 aliphatic rings. The maximum Gasteiger partial charge on any atom is 0.257 e. The van der Waals surface area contributed by atoms with Crippen LogP contribution in [0.5, 0.6) is 5.75 Å². The van der Waals surface area contributed by atoms with Crippen LogP contribution in [0.4, 0.5) is 5.82 Å². The Labute approximate surface area is 229 Å². The predicted octanol–water partition coefficient (Wildman–Crippen LogP) is 3.46. The number of aromatic nitrogens is 3. The highest BCUT2D eigenvalue weighted by molar-refractivity contribution is 6.05. The number of nitrogens with zero attached hydrogens (tertiary/aromatic N) is 5. The van der Waals surface area contributed by atoms with E-state index >= 15 is 0 Å². The fourth-order valence-corrected chi connectivity index (χ4v) is 4.95. The molecule has 2 aromatic heterocycles. The number of aryl methyl sites for hydroxylation is 3. The summed E-state index contributed by atoms with van der Waals surface area (Å²) >= 11 is 0. The Hall–Kier alpha value is -4.18. The quantitative estimate of drug-likeness (QED) is 0.436. The average Bonchev–Trinajstić information content (AvgIpc) is 3.73. The minimum absolute atomic E-state index is 0.0259. The van der Waals surface area contributed by atoms with E-state index in [2.05, 4.69) is 38.7 Å². The number of pyridine rings is 1. The van der Waals surface area contributed by atoms with E-state index in [0.29, 0.717) is 41.7 Å². The maximum atomic E-state index is 13.1. The molecule has 3 heterocycles. The maximum absolute atomic E-state index is 13.1. The molecule has 2 atom stereocenters. The number of nitriles is 1. The van der Waals surface area contributed by atoms with Crippen molar-refractivity contribution in [3.63, 3.8) is 0 Å². The molecule has 0 radical (unpaired) electrons. The molecular formula is C30H33N7O2. The van der Waals surface area contributed by atoms with Gasteiger partial charge in [0, 0.05) is 56.7 Å². The molecule has 1 aliphatic carbocycles. The normalized spacial score (nSPS) is 18.1. The Morgan fingerprint density at radius 2 is 2.13 bits per heavy atom. The molecule has 1 saturated carbocycles. The number of carbonyl (C=O) groups excluding carboxylic acids is 1. The third-order valence-electron chi connectivity index (χ3n) is 7.28. The molecule has 1 saturated heterocycles. The molecule has 2 fully saturated rings. The molecule has 200 valence electrons. The number of ether oxygens (including phenoxy) is 1. The number of rotatable bonds is 8. The zero-order valence-corrected chi connectivity index (χ0v) is 22.6. The third kappa shape index (κ3) is 6.12. The zero-order chi connectivity index (χ0) is 27.5. The second kappa shape index (κ2) is 11.3. The first-order valence-electron chi connectivity index (χ1n) is 13.2. The van der Waals surface area contributed by atoms with Crippen molar-refractivity contribution in [2.75, 3.05) is 31.5 Å². The van der Waals surface area contributed by atoms with E-state index in [4.69, 9.17) is 16.1 Å². The molecule has 0 bridgehead atoms. The molecule has 9 heteroatoms. The summed E-state index contributed by atoms with van der Waals surface area (Å²) in [5.74, 6) is 3.98.